The molecule has 0 bridgehead atoms. The third-order valence-electron chi connectivity index (χ3n) is 4.05. The van der Waals surface area contributed by atoms with Crippen LogP contribution in [0.1, 0.15) is 5.56 Å². The van der Waals surface area contributed by atoms with Crippen molar-refractivity contribution in [1.29, 1.82) is 0 Å². The molecule has 2 aromatic carbocycles. The zero-order valence-corrected chi connectivity index (χ0v) is 13.2. The van der Waals surface area contributed by atoms with Gasteiger partial charge < -0.3 is 5.32 Å². The summed E-state index contributed by atoms with van der Waals surface area (Å²) in [4.78, 5) is 8.42. The molecule has 2 aromatic heterocycles. The fourth-order valence-corrected chi connectivity index (χ4v) is 2.79. The van der Waals surface area contributed by atoms with E-state index in [0.717, 1.165) is 28.9 Å². The van der Waals surface area contributed by atoms with Crippen molar-refractivity contribution in [3.8, 4) is 11.1 Å². The van der Waals surface area contributed by atoms with Gasteiger partial charge in [-0.25, -0.2) is 0 Å². The molecule has 3 heteroatoms. The Labute approximate surface area is 141 Å². The number of fused-ring (bicyclic) bond motifs is 1. The number of rotatable bonds is 4. The Morgan fingerprint density at radius 1 is 0.708 bits per heavy atom. The second kappa shape index (κ2) is 6.50. The maximum atomic E-state index is 4.36. The van der Waals surface area contributed by atoms with Crippen LogP contribution in [0.15, 0.2) is 85.5 Å². The van der Waals surface area contributed by atoms with Gasteiger partial charge in [0.15, 0.2) is 0 Å². The molecular formula is C21H17N3. The van der Waals surface area contributed by atoms with Crippen molar-refractivity contribution < 1.29 is 0 Å². The number of aromatic nitrogens is 2. The summed E-state index contributed by atoms with van der Waals surface area (Å²) < 4.78 is 0. The second-order valence-electron chi connectivity index (χ2n) is 5.73. The van der Waals surface area contributed by atoms with Crippen LogP contribution in [-0.2, 0) is 6.54 Å². The van der Waals surface area contributed by atoms with Crippen molar-refractivity contribution in [3.05, 3.63) is 91.0 Å². The van der Waals surface area contributed by atoms with Crippen LogP contribution < -0.4 is 5.32 Å². The molecule has 0 aliphatic rings. The van der Waals surface area contributed by atoms with E-state index in [4.69, 9.17) is 0 Å². The van der Waals surface area contributed by atoms with Gasteiger partial charge in [-0.3, -0.25) is 9.97 Å². The lowest BCUT2D eigenvalue weighted by Gasteiger charge is -2.09. The van der Waals surface area contributed by atoms with Crippen LogP contribution in [-0.4, -0.2) is 9.97 Å². The van der Waals surface area contributed by atoms with Crippen molar-refractivity contribution in [3.63, 3.8) is 0 Å². The van der Waals surface area contributed by atoms with Crippen molar-refractivity contribution >= 4 is 16.5 Å². The smallest absolute Gasteiger partial charge is 0.0416 e. The van der Waals surface area contributed by atoms with E-state index in [1.165, 1.54) is 10.8 Å². The number of hydrogen-bond donors (Lipinski definition) is 1. The SMILES string of the molecule is c1ccc2cc(NCc3cncc(-c4ccncc4)c3)ccc2c1. The van der Waals surface area contributed by atoms with Crippen molar-refractivity contribution in [2.45, 2.75) is 6.54 Å². The predicted octanol–water partition coefficient (Wildman–Crippen LogP) is 4.91. The van der Waals surface area contributed by atoms with Crippen LogP contribution in [0.4, 0.5) is 5.69 Å². The van der Waals surface area contributed by atoms with Gasteiger partial charge in [0.05, 0.1) is 0 Å². The number of pyridine rings is 2. The molecule has 0 spiro atoms. The Balaban J connectivity index is 1.53. The molecule has 0 aliphatic carbocycles. The molecule has 0 fully saturated rings. The van der Waals surface area contributed by atoms with Crippen LogP contribution >= 0.6 is 0 Å². The van der Waals surface area contributed by atoms with E-state index in [2.05, 4.69) is 63.8 Å². The highest BCUT2D eigenvalue weighted by Gasteiger charge is 2.01. The molecule has 0 unspecified atom stereocenters. The van der Waals surface area contributed by atoms with Crippen LogP contribution in [0.3, 0.4) is 0 Å². The highest BCUT2D eigenvalue weighted by Crippen LogP contribution is 2.21. The molecule has 3 nitrogen and oxygen atoms in total. The Morgan fingerprint density at radius 2 is 1.54 bits per heavy atom. The van der Waals surface area contributed by atoms with Gasteiger partial charge in [-0.2, -0.15) is 0 Å². The molecule has 0 atom stereocenters. The molecule has 1 N–H and O–H groups in total. The van der Waals surface area contributed by atoms with Gasteiger partial charge in [-0.1, -0.05) is 30.3 Å². The number of nitrogens with one attached hydrogen (secondary N) is 1. The first-order valence-electron chi connectivity index (χ1n) is 7.95. The molecule has 2 heterocycles. The number of hydrogen-bond acceptors (Lipinski definition) is 3. The number of anilines is 1. The summed E-state index contributed by atoms with van der Waals surface area (Å²) in [7, 11) is 0. The fraction of sp³-hybridized carbons (Fsp3) is 0.0476. The second-order valence-corrected chi connectivity index (χ2v) is 5.73. The molecule has 0 saturated carbocycles. The van der Waals surface area contributed by atoms with Crippen LogP contribution in [0, 0.1) is 0 Å². The summed E-state index contributed by atoms with van der Waals surface area (Å²) in [6.45, 7) is 0.740. The van der Waals surface area contributed by atoms with Gasteiger partial charge >= 0.3 is 0 Å². The van der Waals surface area contributed by atoms with Gasteiger partial charge in [0.1, 0.15) is 0 Å². The minimum Gasteiger partial charge on any atom is -0.381 e. The molecule has 4 rings (SSSR count). The third kappa shape index (κ3) is 3.10. The first-order valence-corrected chi connectivity index (χ1v) is 7.95. The normalized spacial score (nSPS) is 10.7. The zero-order valence-electron chi connectivity index (χ0n) is 13.2. The molecule has 0 saturated heterocycles. The quantitative estimate of drug-likeness (QED) is 0.582. The summed E-state index contributed by atoms with van der Waals surface area (Å²) in [5, 5.41) is 5.98. The Bertz CT molecular complexity index is 965. The third-order valence-corrected chi connectivity index (χ3v) is 4.05. The topological polar surface area (TPSA) is 37.8 Å². The van der Waals surface area contributed by atoms with E-state index in [1.54, 1.807) is 12.4 Å². The number of benzene rings is 2. The van der Waals surface area contributed by atoms with E-state index in [-0.39, 0.29) is 0 Å². The lowest BCUT2D eigenvalue weighted by molar-refractivity contribution is 1.11. The molecule has 0 amide bonds. The Morgan fingerprint density at radius 3 is 2.42 bits per heavy atom. The maximum Gasteiger partial charge on any atom is 0.0416 e. The minimum atomic E-state index is 0.740. The van der Waals surface area contributed by atoms with Gasteiger partial charge in [-0.15, -0.1) is 0 Å². The lowest BCUT2D eigenvalue weighted by atomic mass is 10.1. The van der Waals surface area contributed by atoms with Crippen LogP contribution in [0.25, 0.3) is 21.9 Å². The lowest BCUT2D eigenvalue weighted by Crippen LogP contribution is -2.00. The minimum absolute atomic E-state index is 0.740. The first kappa shape index (κ1) is 14.4. The van der Waals surface area contributed by atoms with Gasteiger partial charge in [0, 0.05) is 42.6 Å². The highest BCUT2D eigenvalue weighted by atomic mass is 14.9. The van der Waals surface area contributed by atoms with Gasteiger partial charge in [0.2, 0.25) is 0 Å². The standard InChI is InChI=1S/C21H17N3/c1-2-4-19-12-21(6-5-17(19)3-1)24-14-16-11-20(15-23-13-16)18-7-9-22-10-8-18/h1-13,15,24H,14H2. The van der Waals surface area contributed by atoms with Crippen LogP contribution in [0.5, 0.6) is 0 Å². The average molecular weight is 311 g/mol. The van der Waals surface area contributed by atoms with E-state index in [0.29, 0.717) is 0 Å². The monoisotopic (exact) mass is 311 g/mol. The maximum absolute atomic E-state index is 4.36. The number of nitrogens with zero attached hydrogens (tertiary/aromatic N) is 2. The molecule has 4 aromatic rings. The van der Waals surface area contributed by atoms with Crippen molar-refractivity contribution in [2.24, 2.45) is 0 Å². The van der Waals surface area contributed by atoms with Crippen molar-refractivity contribution in [1.82, 2.24) is 9.97 Å². The molecular weight excluding hydrogens is 294 g/mol. The largest absolute Gasteiger partial charge is 0.381 e. The summed E-state index contributed by atoms with van der Waals surface area (Å²) in [5.41, 5.74) is 4.50. The van der Waals surface area contributed by atoms with E-state index < -0.39 is 0 Å². The van der Waals surface area contributed by atoms with E-state index >= 15 is 0 Å². The molecule has 24 heavy (non-hydrogen) atoms. The highest BCUT2D eigenvalue weighted by molar-refractivity contribution is 5.85. The molecule has 0 radical (unpaired) electrons. The summed E-state index contributed by atoms with van der Waals surface area (Å²) in [5.74, 6) is 0. The predicted molar refractivity (Wildman–Crippen MR) is 98.7 cm³/mol. The average Bonchev–Trinajstić information content (AvgIpc) is 2.67. The zero-order chi connectivity index (χ0) is 16.2. The van der Waals surface area contributed by atoms with Crippen LogP contribution in [0.2, 0.25) is 0 Å². The van der Waals surface area contributed by atoms with Crippen molar-refractivity contribution in [2.75, 3.05) is 5.32 Å². The summed E-state index contributed by atoms with van der Waals surface area (Å²) >= 11 is 0. The fourth-order valence-electron chi connectivity index (χ4n) is 2.79. The summed E-state index contributed by atoms with van der Waals surface area (Å²) in [6, 6.07) is 21.0. The molecule has 0 aliphatic heterocycles. The van der Waals surface area contributed by atoms with Gasteiger partial charge in [-0.05, 0) is 52.2 Å². The van der Waals surface area contributed by atoms with E-state index in [1.807, 2.05) is 24.5 Å². The Hall–Kier alpha value is -3.20. The first-order chi connectivity index (χ1) is 11.9. The Kier molecular flexibility index (Phi) is 3.90. The van der Waals surface area contributed by atoms with E-state index in [9.17, 15) is 0 Å². The van der Waals surface area contributed by atoms with Gasteiger partial charge in [0.25, 0.3) is 0 Å². The summed E-state index contributed by atoms with van der Waals surface area (Å²) in [6.07, 6.45) is 7.39. The molecule has 116 valence electrons.